The minimum Gasteiger partial charge on any atom is -0.495 e. The van der Waals surface area contributed by atoms with Gasteiger partial charge < -0.3 is 9.30 Å². The van der Waals surface area contributed by atoms with Crippen LogP contribution < -0.4 is 4.74 Å². The zero-order valence-electron chi connectivity index (χ0n) is 18.0. The van der Waals surface area contributed by atoms with Crippen LogP contribution in [-0.4, -0.2) is 31.3 Å². The van der Waals surface area contributed by atoms with Crippen molar-refractivity contribution < 1.29 is 9.13 Å². The summed E-state index contributed by atoms with van der Waals surface area (Å²) in [6, 6.07) is 16.5. The van der Waals surface area contributed by atoms with Crippen molar-refractivity contribution in [2.45, 2.75) is 19.8 Å². The van der Waals surface area contributed by atoms with Gasteiger partial charge in [-0.2, -0.15) is 0 Å². The van der Waals surface area contributed by atoms with E-state index in [-0.39, 0.29) is 11.7 Å². The normalized spacial score (nSPS) is 12.2. The van der Waals surface area contributed by atoms with Crippen LogP contribution in [0.1, 0.15) is 29.7 Å². The number of aromatic nitrogens is 5. The highest BCUT2D eigenvalue weighted by atomic mass is 19.1. The highest BCUT2D eigenvalue weighted by Gasteiger charge is 2.18. The maximum atomic E-state index is 13.4. The van der Waals surface area contributed by atoms with E-state index in [0.29, 0.717) is 5.75 Å². The lowest BCUT2D eigenvalue weighted by atomic mass is 9.94. The van der Waals surface area contributed by atoms with E-state index in [1.807, 2.05) is 70.7 Å². The predicted molar refractivity (Wildman–Crippen MR) is 121 cm³/mol. The Morgan fingerprint density at radius 2 is 1.84 bits per heavy atom. The van der Waals surface area contributed by atoms with Gasteiger partial charge in [0.2, 0.25) is 0 Å². The van der Waals surface area contributed by atoms with Gasteiger partial charge in [-0.05, 0) is 48.9 Å². The lowest BCUT2D eigenvalue weighted by Crippen LogP contribution is -2.01. The van der Waals surface area contributed by atoms with E-state index in [2.05, 4.69) is 22.1 Å². The minimum absolute atomic E-state index is 0.0396. The van der Waals surface area contributed by atoms with Crippen molar-refractivity contribution in [3.8, 4) is 22.8 Å². The van der Waals surface area contributed by atoms with Crippen LogP contribution in [0.4, 0.5) is 4.39 Å². The van der Waals surface area contributed by atoms with Gasteiger partial charge in [-0.1, -0.05) is 25.1 Å². The molecule has 0 amide bonds. The molecule has 2 aromatic carbocycles. The van der Waals surface area contributed by atoms with E-state index in [1.54, 1.807) is 13.4 Å². The molecule has 3 heterocycles. The second kappa shape index (κ2) is 7.92. The van der Waals surface area contributed by atoms with Gasteiger partial charge in [-0.15, -0.1) is 10.2 Å². The second-order valence-electron chi connectivity index (χ2n) is 7.76. The predicted octanol–water partition coefficient (Wildman–Crippen LogP) is 5.19. The van der Waals surface area contributed by atoms with Gasteiger partial charge >= 0.3 is 0 Å². The first-order valence-corrected chi connectivity index (χ1v) is 10.3. The van der Waals surface area contributed by atoms with Gasteiger partial charge in [0.05, 0.1) is 24.8 Å². The minimum atomic E-state index is -0.243. The Bertz CT molecular complexity index is 1400. The number of hydrogen-bond acceptors (Lipinski definition) is 4. The fraction of sp³-hybridized carbons (Fsp3) is 0.160. The Kier molecular flexibility index (Phi) is 4.93. The number of benzene rings is 2. The molecular formula is C25H22FN5O. The third-order valence-corrected chi connectivity index (χ3v) is 5.73. The summed E-state index contributed by atoms with van der Waals surface area (Å²) in [4.78, 5) is 4.30. The first kappa shape index (κ1) is 19.9. The van der Waals surface area contributed by atoms with Gasteiger partial charge in [0.25, 0.3) is 0 Å². The van der Waals surface area contributed by atoms with Crippen molar-refractivity contribution in [1.29, 1.82) is 0 Å². The number of imidazole rings is 1. The number of methoxy groups -OCH3 is 1. The van der Waals surface area contributed by atoms with Crippen molar-refractivity contribution >= 4 is 5.65 Å². The molecule has 5 rings (SSSR count). The molecule has 1 atom stereocenters. The zero-order chi connectivity index (χ0) is 22.2. The van der Waals surface area contributed by atoms with Crippen LogP contribution in [0.25, 0.3) is 22.7 Å². The van der Waals surface area contributed by atoms with Crippen molar-refractivity contribution in [3.05, 3.63) is 96.0 Å². The molecule has 32 heavy (non-hydrogen) atoms. The van der Waals surface area contributed by atoms with Crippen LogP contribution in [0.2, 0.25) is 0 Å². The van der Waals surface area contributed by atoms with Crippen LogP contribution in [-0.2, 0) is 0 Å². The number of ether oxygens (including phenoxy) is 1. The SMILES string of the molecule is COc1cc(-c2nnc3c(C(C)c4ccc(F)cc4)cccn23)ccc1-n1cnc(C)c1. The average Bonchev–Trinajstić information content (AvgIpc) is 3.45. The summed E-state index contributed by atoms with van der Waals surface area (Å²) >= 11 is 0. The molecule has 6 nitrogen and oxygen atoms in total. The Morgan fingerprint density at radius 1 is 1.03 bits per heavy atom. The summed E-state index contributed by atoms with van der Waals surface area (Å²) in [5.41, 5.74) is 5.54. The number of hydrogen-bond donors (Lipinski definition) is 0. The summed E-state index contributed by atoms with van der Waals surface area (Å²) in [6.07, 6.45) is 5.67. The summed E-state index contributed by atoms with van der Waals surface area (Å²) in [5.74, 6) is 1.23. The maximum absolute atomic E-state index is 13.4. The number of aryl methyl sites for hydroxylation is 1. The molecule has 160 valence electrons. The van der Waals surface area contributed by atoms with Crippen molar-refractivity contribution in [2.24, 2.45) is 0 Å². The maximum Gasteiger partial charge on any atom is 0.168 e. The third kappa shape index (κ3) is 3.41. The summed E-state index contributed by atoms with van der Waals surface area (Å²) < 4.78 is 22.9. The number of fused-ring (bicyclic) bond motifs is 1. The van der Waals surface area contributed by atoms with E-state index in [0.717, 1.165) is 39.5 Å². The quantitative estimate of drug-likeness (QED) is 0.387. The molecule has 0 N–H and O–H groups in total. The lowest BCUT2D eigenvalue weighted by Gasteiger charge is -2.14. The van der Waals surface area contributed by atoms with E-state index in [1.165, 1.54) is 12.1 Å². The van der Waals surface area contributed by atoms with Gasteiger partial charge in [0, 0.05) is 29.4 Å². The van der Waals surface area contributed by atoms with E-state index in [9.17, 15) is 4.39 Å². The number of halogens is 1. The molecule has 0 saturated heterocycles. The molecule has 3 aromatic heterocycles. The molecule has 0 aliphatic carbocycles. The van der Waals surface area contributed by atoms with Crippen LogP contribution >= 0.6 is 0 Å². The Labute approximate surface area is 185 Å². The van der Waals surface area contributed by atoms with E-state index in [4.69, 9.17) is 4.74 Å². The molecule has 0 saturated carbocycles. The molecular weight excluding hydrogens is 405 g/mol. The number of rotatable bonds is 5. The Balaban J connectivity index is 1.57. The van der Waals surface area contributed by atoms with Gasteiger partial charge in [0.1, 0.15) is 11.6 Å². The Morgan fingerprint density at radius 3 is 2.56 bits per heavy atom. The number of nitrogens with zero attached hydrogens (tertiary/aromatic N) is 5. The molecule has 0 bridgehead atoms. The second-order valence-corrected chi connectivity index (χ2v) is 7.76. The summed E-state index contributed by atoms with van der Waals surface area (Å²) in [6.45, 7) is 4.03. The van der Waals surface area contributed by atoms with Crippen LogP contribution in [0.5, 0.6) is 5.75 Å². The Hall–Kier alpha value is -4.00. The average molecular weight is 427 g/mol. The first-order chi connectivity index (χ1) is 15.5. The molecule has 7 heteroatoms. The summed E-state index contributed by atoms with van der Waals surface area (Å²) in [7, 11) is 1.65. The number of pyridine rings is 1. The van der Waals surface area contributed by atoms with E-state index >= 15 is 0 Å². The van der Waals surface area contributed by atoms with Crippen molar-refractivity contribution in [2.75, 3.05) is 7.11 Å². The molecule has 0 aliphatic heterocycles. The van der Waals surface area contributed by atoms with Crippen molar-refractivity contribution in [3.63, 3.8) is 0 Å². The molecule has 0 spiro atoms. The molecule has 1 unspecified atom stereocenters. The fourth-order valence-electron chi connectivity index (χ4n) is 3.99. The van der Waals surface area contributed by atoms with Crippen LogP contribution in [0.3, 0.4) is 0 Å². The monoisotopic (exact) mass is 427 g/mol. The topological polar surface area (TPSA) is 57.2 Å². The molecule has 0 radical (unpaired) electrons. The van der Waals surface area contributed by atoms with Crippen LogP contribution in [0, 0.1) is 12.7 Å². The first-order valence-electron chi connectivity index (χ1n) is 10.3. The molecule has 5 aromatic rings. The molecule has 0 aliphatic rings. The highest BCUT2D eigenvalue weighted by Crippen LogP contribution is 2.32. The van der Waals surface area contributed by atoms with Crippen LogP contribution in [0.15, 0.2) is 73.3 Å². The summed E-state index contributed by atoms with van der Waals surface area (Å²) in [5, 5.41) is 8.96. The van der Waals surface area contributed by atoms with Gasteiger partial charge in [-0.25, -0.2) is 9.37 Å². The van der Waals surface area contributed by atoms with E-state index < -0.39 is 0 Å². The standard InChI is InChI=1S/C25H22FN5O/c1-16-14-30(15-27-16)22-11-8-19(13-23(22)32-3)24-28-29-25-21(5-4-12-31(24)25)17(2)18-6-9-20(26)10-7-18/h4-15,17H,1-3H3. The smallest absolute Gasteiger partial charge is 0.168 e. The van der Waals surface area contributed by atoms with Gasteiger partial charge in [-0.3, -0.25) is 4.40 Å². The van der Waals surface area contributed by atoms with Gasteiger partial charge in [0.15, 0.2) is 11.5 Å². The highest BCUT2D eigenvalue weighted by molar-refractivity contribution is 5.67. The largest absolute Gasteiger partial charge is 0.495 e. The lowest BCUT2D eigenvalue weighted by molar-refractivity contribution is 0.413. The van der Waals surface area contributed by atoms with Crippen molar-refractivity contribution in [1.82, 2.24) is 24.1 Å². The third-order valence-electron chi connectivity index (χ3n) is 5.73. The zero-order valence-corrected chi connectivity index (χ0v) is 18.0. The molecule has 0 fully saturated rings. The fourth-order valence-corrected chi connectivity index (χ4v) is 3.99.